The van der Waals surface area contributed by atoms with E-state index in [1.54, 1.807) is 26.1 Å². The molecule has 2 N–H and O–H groups in total. The first kappa shape index (κ1) is 21.0. The van der Waals surface area contributed by atoms with Crippen LogP contribution in [0.5, 0.6) is 11.5 Å². The molecule has 0 saturated carbocycles. The Balaban J connectivity index is 2.07. The molecule has 2 heterocycles. The third-order valence-corrected chi connectivity index (χ3v) is 5.43. The summed E-state index contributed by atoms with van der Waals surface area (Å²) < 4.78 is 10.5. The second-order valence-corrected chi connectivity index (χ2v) is 7.29. The molecular formula is C21H29N3O5. The zero-order valence-electron chi connectivity index (χ0n) is 17.2. The van der Waals surface area contributed by atoms with Gasteiger partial charge >= 0.3 is 12.0 Å². The summed E-state index contributed by atoms with van der Waals surface area (Å²) in [5, 5.41) is 12.8. The number of carbonyl (C=O) groups excluding carboxylic acids is 2. The molecule has 0 aliphatic carbocycles. The van der Waals surface area contributed by atoms with Gasteiger partial charge in [-0.05, 0) is 50.6 Å². The molecule has 1 atom stereocenters. The van der Waals surface area contributed by atoms with Gasteiger partial charge in [-0.3, -0.25) is 9.80 Å². The quantitative estimate of drug-likeness (QED) is 0.709. The lowest BCUT2D eigenvalue weighted by molar-refractivity contribution is -0.139. The van der Waals surface area contributed by atoms with E-state index in [0.29, 0.717) is 23.4 Å². The third kappa shape index (κ3) is 4.48. The van der Waals surface area contributed by atoms with Crippen molar-refractivity contribution in [3.8, 4) is 11.5 Å². The van der Waals surface area contributed by atoms with Crippen molar-refractivity contribution in [1.29, 1.82) is 0 Å². The first-order valence-corrected chi connectivity index (χ1v) is 9.99. The summed E-state index contributed by atoms with van der Waals surface area (Å²) in [5.41, 5.74) is 1.69. The number of likely N-dealkylation sites (tertiary alicyclic amines) is 1. The Kier molecular flexibility index (Phi) is 6.64. The molecular weight excluding hydrogens is 374 g/mol. The van der Waals surface area contributed by atoms with Gasteiger partial charge in [0.15, 0.2) is 11.5 Å². The van der Waals surface area contributed by atoms with Crippen molar-refractivity contribution in [3.63, 3.8) is 0 Å². The van der Waals surface area contributed by atoms with Crippen LogP contribution in [0.4, 0.5) is 4.79 Å². The topological polar surface area (TPSA) is 91.3 Å². The molecule has 2 aliphatic heterocycles. The molecule has 8 nitrogen and oxygen atoms in total. The third-order valence-electron chi connectivity index (χ3n) is 5.43. The average Bonchev–Trinajstić information content (AvgIpc) is 2.72. The predicted octanol–water partition coefficient (Wildman–Crippen LogP) is 2.40. The molecule has 1 fully saturated rings. The normalized spacial score (nSPS) is 20.4. The monoisotopic (exact) mass is 403 g/mol. The highest BCUT2D eigenvalue weighted by Gasteiger charge is 2.37. The Morgan fingerprint density at radius 2 is 2.00 bits per heavy atom. The summed E-state index contributed by atoms with van der Waals surface area (Å²) in [6.07, 6.45) is 3.42. The second kappa shape index (κ2) is 9.17. The van der Waals surface area contributed by atoms with Crippen molar-refractivity contribution in [2.75, 3.05) is 40.4 Å². The zero-order valence-corrected chi connectivity index (χ0v) is 17.2. The van der Waals surface area contributed by atoms with Crippen LogP contribution in [0.2, 0.25) is 0 Å². The number of aromatic hydroxyl groups is 1. The van der Waals surface area contributed by atoms with Crippen molar-refractivity contribution in [1.82, 2.24) is 15.1 Å². The minimum atomic E-state index is -0.688. The van der Waals surface area contributed by atoms with Gasteiger partial charge in [0.25, 0.3) is 0 Å². The van der Waals surface area contributed by atoms with E-state index in [0.717, 1.165) is 25.9 Å². The van der Waals surface area contributed by atoms with Gasteiger partial charge in [0.1, 0.15) is 0 Å². The molecule has 3 rings (SSSR count). The standard InChI is InChI=1S/C21H29N3O5/c1-4-29-20(26)18-15(13-24-10-6-5-7-11-24)23(2)21(27)22-19(18)14-8-9-16(25)17(12-14)28-3/h8-9,12,19,25H,4-7,10-11,13H2,1-3H3,(H,22,27)/t19-/m0/s1. The summed E-state index contributed by atoms with van der Waals surface area (Å²) >= 11 is 0. The van der Waals surface area contributed by atoms with E-state index in [9.17, 15) is 14.7 Å². The van der Waals surface area contributed by atoms with Gasteiger partial charge in [-0.1, -0.05) is 12.5 Å². The number of ether oxygens (including phenoxy) is 2. The van der Waals surface area contributed by atoms with E-state index in [2.05, 4.69) is 10.2 Å². The number of urea groups is 1. The molecule has 1 aromatic carbocycles. The fourth-order valence-electron chi connectivity index (χ4n) is 3.85. The predicted molar refractivity (Wildman–Crippen MR) is 108 cm³/mol. The number of phenolic OH excluding ortho intramolecular Hbond substituents is 1. The lowest BCUT2D eigenvalue weighted by Crippen LogP contribution is -2.49. The number of nitrogens with one attached hydrogen (secondary N) is 1. The highest BCUT2D eigenvalue weighted by molar-refractivity contribution is 5.95. The van der Waals surface area contributed by atoms with Crippen molar-refractivity contribution in [2.24, 2.45) is 0 Å². The molecule has 8 heteroatoms. The number of nitrogens with zero attached hydrogens (tertiary/aromatic N) is 2. The number of rotatable bonds is 6. The molecule has 1 saturated heterocycles. The zero-order chi connectivity index (χ0) is 21.0. The minimum Gasteiger partial charge on any atom is -0.504 e. The number of carbonyl (C=O) groups is 2. The minimum absolute atomic E-state index is 0.00860. The smallest absolute Gasteiger partial charge is 0.338 e. The lowest BCUT2D eigenvalue weighted by atomic mass is 9.93. The number of phenols is 1. The molecule has 158 valence electrons. The Labute approximate surface area is 171 Å². The fraction of sp³-hybridized carbons (Fsp3) is 0.524. The van der Waals surface area contributed by atoms with Gasteiger partial charge in [-0.15, -0.1) is 0 Å². The Morgan fingerprint density at radius 3 is 2.66 bits per heavy atom. The van der Waals surface area contributed by atoms with Gasteiger partial charge in [-0.25, -0.2) is 9.59 Å². The number of likely N-dealkylation sites (N-methyl/N-ethyl adjacent to an activating group) is 1. The van der Waals surface area contributed by atoms with E-state index in [4.69, 9.17) is 9.47 Å². The number of hydrogen-bond donors (Lipinski definition) is 2. The maximum atomic E-state index is 13.0. The maximum Gasteiger partial charge on any atom is 0.338 e. The summed E-state index contributed by atoms with van der Waals surface area (Å²) in [4.78, 5) is 29.4. The molecule has 0 aromatic heterocycles. The number of methoxy groups -OCH3 is 1. The van der Waals surface area contributed by atoms with Gasteiger partial charge in [-0.2, -0.15) is 0 Å². The number of benzene rings is 1. The van der Waals surface area contributed by atoms with E-state index in [-0.39, 0.29) is 24.1 Å². The van der Waals surface area contributed by atoms with E-state index < -0.39 is 12.0 Å². The summed E-state index contributed by atoms with van der Waals surface area (Å²) in [6.45, 7) is 4.37. The van der Waals surface area contributed by atoms with Crippen LogP contribution >= 0.6 is 0 Å². The highest BCUT2D eigenvalue weighted by atomic mass is 16.5. The van der Waals surface area contributed by atoms with E-state index in [1.165, 1.54) is 24.5 Å². The van der Waals surface area contributed by atoms with Crippen LogP contribution in [0.25, 0.3) is 0 Å². The Morgan fingerprint density at radius 1 is 1.28 bits per heavy atom. The largest absolute Gasteiger partial charge is 0.504 e. The van der Waals surface area contributed by atoms with Crippen LogP contribution in [-0.4, -0.2) is 67.3 Å². The molecule has 0 spiro atoms. The van der Waals surface area contributed by atoms with Crippen molar-refractivity contribution in [3.05, 3.63) is 35.0 Å². The molecule has 2 aliphatic rings. The summed E-state index contributed by atoms with van der Waals surface area (Å²) in [5.74, 6) is -0.189. The Hall–Kier alpha value is -2.74. The SMILES string of the molecule is CCOC(=O)C1=C(CN2CCCCC2)N(C)C(=O)N[C@H]1c1ccc(O)c(OC)c1. The fourth-order valence-corrected chi connectivity index (χ4v) is 3.85. The van der Waals surface area contributed by atoms with Crippen LogP contribution < -0.4 is 10.1 Å². The number of hydrogen-bond acceptors (Lipinski definition) is 6. The van der Waals surface area contributed by atoms with Crippen LogP contribution in [0.1, 0.15) is 37.8 Å². The molecule has 0 bridgehead atoms. The molecule has 0 radical (unpaired) electrons. The molecule has 1 aromatic rings. The number of piperidine rings is 1. The van der Waals surface area contributed by atoms with Gasteiger partial charge in [0.2, 0.25) is 0 Å². The van der Waals surface area contributed by atoms with Crippen LogP contribution in [0.15, 0.2) is 29.5 Å². The van der Waals surface area contributed by atoms with Crippen molar-refractivity contribution < 1.29 is 24.2 Å². The molecule has 29 heavy (non-hydrogen) atoms. The lowest BCUT2D eigenvalue weighted by Gasteiger charge is -2.37. The summed E-state index contributed by atoms with van der Waals surface area (Å²) in [7, 11) is 3.12. The maximum absolute atomic E-state index is 13.0. The van der Waals surface area contributed by atoms with E-state index >= 15 is 0 Å². The summed E-state index contributed by atoms with van der Waals surface area (Å²) in [6, 6.07) is 3.81. The van der Waals surface area contributed by atoms with Gasteiger partial charge in [0, 0.05) is 19.3 Å². The number of esters is 1. The average molecular weight is 403 g/mol. The first-order valence-electron chi connectivity index (χ1n) is 9.99. The van der Waals surface area contributed by atoms with Crippen LogP contribution in [0, 0.1) is 0 Å². The number of amides is 2. The van der Waals surface area contributed by atoms with Gasteiger partial charge < -0.3 is 19.9 Å². The molecule has 0 unspecified atom stereocenters. The van der Waals surface area contributed by atoms with Gasteiger partial charge in [0.05, 0.1) is 25.3 Å². The second-order valence-electron chi connectivity index (χ2n) is 7.29. The highest BCUT2D eigenvalue weighted by Crippen LogP contribution is 2.35. The first-order chi connectivity index (χ1) is 14.0. The molecule has 2 amide bonds. The van der Waals surface area contributed by atoms with Crippen LogP contribution in [0.3, 0.4) is 0 Å². The van der Waals surface area contributed by atoms with Crippen LogP contribution in [-0.2, 0) is 9.53 Å². The van der Waals surface area contributed by atoms with Crippen molar-refractivity contribution in [2.45, 2.75) is 32.2 Å². The van der Waals surface area contributed by atoms with E-state index in [1.807, 2.05) is 0 Å². The van der Waals surface area contributed by atoms with Crippen molar-refractivity contribution >= 4 is 12.0 Å². The Bertz CT molecular complexity index is 802.